The molecule has 166 valence electrons. The summed E-state index contributed by atoms with van der Waals surface area (Å²) < 4.78 is 32.7. The number of benzene rings is 1. The fourth-order valence-corrected chi connectivity index (χ4v) is 5.59. The third-order valence-electron chi connectivity index (χ3n) is 4.87. The third-order valence-corrected chi connectivity index (χ3v) is 8.10. The van der Waals surface area contributed by atoms with E-state index in [9.17, 15) is 8.42 Å². The maximum atomic E-state index is 12.5. The summed E-state index contributed by atoms with van der Waals surface area (Å²) in [6, 6.07) is 13.3. The molecule has 2 heterocycles. The zero-order chi connectivity index (χ0) is 20.7. The monoisotopic (exact) mass is 564 g/mol. The molecule has 1 aromatic carbocycles. The number of halogens is 1. The van der Waals surface area contributed by atoms with Gasteiger partial charge in [0.05, 0.1) is 0 Å². The van der Waals surface area contributed by atoms with Gasteiger partial charge in [-0.25, -0.2) is 8.42 Å². The summed E-state index contributed by atoms with van der Waals surface area (Å²) in [4.78, 5) is 6.55. The normalized spacial score (nSPS) is 15.7. The minimum Gasteiger partial charge on any atom is -0.490 e. The first kappa shape index (κ1) is 24.9. The maximum Gasteiger partial charge on any atom is 0.252 e. The zero-order valence-corrected chi connectivity index (χ0v) is 21.2. The van der Waals surface area contributed by atoms with E-state index >= 15 is 0 Å². The molecule has 0 radical (unpaired) electrons. The van der Waals surface area contributed by atoms with E-state index in [-0.39, 0.29) is 30.1 Å². The van der Waals surface area contributed by atoms with Crippen LogP contribution in [0.25, 0.3) is 0 Å². The van der Waals surface area contributed by atoms with E-state index < -0.39 is 10.0 Å². The Labute approximate surface area is 200 Å². The average Bonchev–Trinajstić information content (AvgIpc) is 3.28. The SMILES string of the molecule is CN=C(NCCN(C)S(=O)(=O)c1cccs1)N1CCC(Oc2ccccc2)CC1.I. The Bertz CT molecular complexity index is 884. The first-order valence-electron chi connectivity index (χ1n) is 9.68. The zero-order valence-electron chi connectivity index (χ0n) is 17.2. The van der Waals surface area contributed by atoms with Crippen molar-refractivity contribution in [3.8, 4) is 5.75 Å². The fourth-order valence-electron chi connectivity index (χ4n) is 3.22. The Morgan fingerprint density at radius 2 is 1.93 bits per heavy atom. The van der Waals surface area contributed by atoms with Crippen molar-refractivity contribution in [3.63, 3.8) is 0 Å². The third kappa shape index (κ3) is 6.56. The lowest BCUT2D eigenvalue weighted by Crippen LogP contribution is -2.49. The Hall–Kier alpha value is -1.37. The highest BCUT2D eigenvalue weighted by Gasteiger charge is 2.24. The van der Waals surface area contributed by atoms with E-state index in [2.05, 4.69) is 15.2 Å². The molecule has 1 aliphatic rings. The van der Waals surface area contributed by atoms with Crippen LogP contribution in [0.3, 0.4) is 0 Å². The minimum absolute atomic E-state index is 0. The second-order valence-corrected chi connectivity index (χ2v) is 10.1. The number of hydrogen-bond donors (Lipinski definition) is 1. The quantitative estimate of drug-likeness (QED) is 0.318. The van der Waals surface area contributed by atoms with E-state index in [0.29, 0.717) is 17.3 Å². The summed E-state index contributed by atoms with van der Waals surface area (Å²) in [5.74, 6) is 1.70. The van der Waals surface area contributed by atoms with Crippen LogP contribution in [0.1, 0.15) is 12.8 Å². The molecule has 7 nitrogen and oxygen atoms in total. The number of ether oxygens (including phenoxy) is 1. The van der Waals surface area contributed by atoms with Crippen molar-refractivity contribution in [2.75, 3.05) is 40.3 Å². The predicted octanol–water partition coefficient (Wildman–Crippen LogP) is 3.11. The Kier molecular flexibility index (Phi) is 9.85. The van der Waals surface area contributed by atoms with Crippen LogP contribution in [-0.2, 0) is 10.0 Å². The molecule has 0 atom stereocenters. The molecule has 0 saturated carbocycles. The number of nitrogens with one attached hydrogen (secondary N) is 1. The van der Waals surface area contributed by atoms with Gasteiger partial charge in [-0.2, -0.15) is 4.31 Å². The number of thiophene rings is 1. The lowest BCUT2D eigenvalue weighted by molar-refractivity contribution is 0.129. The minimum atomic E-state index is -3.42. The average molecular weight is 565 g/mol. The second-order valence-electron chi connectivity index (χ2n) is 6.85. The van der Waals surface area contributed by atoms with Crippen molar-refractivity contribution in [3.05, 3.63) is 47.8 Å². The lowest BCUT2D eigenvalue weighted by atomic mass is 10.1. The van der Waals surface area contributed by atoms with Gasteiger partial charge in [0.1, 0.15) is 16.1 Å². The van der Waals surface area contributed by atoms with Crippen LogP contribution in [0.5, 0.6) is 5.75 Å². The molecule has 1 fully saturated rings. The van der Waals surface area contributed by atoms with Crippen molar-refractivity contribution < 1.29 is 13.2 Å². The Morgan fingerprint density at radius 1 is 1.23 bits per heavy atom. The van der Waals surface area contributed by atoms with Gasteiger partial charge in [0.2, 0.25) is 0 Å². The summed E-state index contributed by atoms with van der Waals surface area (Å²) >= 11 is 1.23. The van der Waals surface area contributed by atoms with Crippen LogP contribution in [0.2, 0.25) is 0 Å². The molecule has 0 aliphatic carbocycles. The molecule has 0 amide bonds. The largest absolute Gasteiger partial charge is 0.490 e. The van der Waals surface area contributed by atoms with Gasteiger partial charge in [-0.3, -0.25) is 4.99 Å². The van der Waals surface area contributed by atoms with Gasteiger partial charge in [-0.15, -0.1) is 35.3 Å². The van der Waals surface area contributed by atoms with Crippen molar-refractivity contribution in [1.82, 2.24) is 14.5 Å². The number of guanidine groups is 1. The van der Waals surface area contributed by atoms with E-state index in [1.807, 2.05) is 30.3 Å². The first-order chi connectivity index (χ1) is 14.0. The summed E-state index contributed by atoms with van der Waals surface area (Å²) in [6.45, 7) is 2.56. The van der Waals surface area contributed by atoms with Gasteiger partial charge in [-0.05, 0) is 23.6 Å². The number of rotatable bonds is 7. The van der Waals surface area contributed by atoms with Crippen LogP contribution >= 0.6 is 35.3 Å². The second kappa shape index (κ2) is 11.9. The molecular weight excluding hydrogens is 535 g/mol. The van der Waals surface area contributed by atoms with E-state index in [0.717, 1.165) is 37.6 Å². The molecule has 30 heavy (non-hydrogen) atoms. The number of likely N-dealkylation sites (tertiary alicyclic amines) is 1. The van der Waals surface area contributed by atoms with Crippen molar-refractivity contribution in [2.24, 2.45) is 4.99 Å². The van der Waals surface area contributed by atoms with Gasteiger partial charge in [0, 0.05) is 53.1 Å². The van der Waals surface area contributed by atoms with Crippen LogP contribution < -0.4 is 10.1 Å². The number of likely N-dealkylation sites (N-methyl/N-ethyl adjacent to an activating group) is 1. The van der Waals surface area contributed by atoms with E-state index in [1.165, 1.54) is 15.6 Å². The smallest absolute Gasteiger partial charge is 0.252 e. The van der Waals surface area contributed by atoms with Gasteiger partial charge in [-0.1, -0.05) is 24.3 Å². The molecule has 0 spiro atoms. The molecule has 1 saturated heterocycles. The summed E-state index contributed by atoms with van der Waals surface area (Å²) in [5, 5.41) is 5.05. The number of aliphatic imine (C=N–C) groups is 1. The highest BCUT2D eigenvalue weighted by molar-refractivity contribution is 14.0. The van der Waals surface area contributed by atoms with Gasteiger partial charge >= 0.3 is 0 Å². The number of hydrogen-bond acceptors (Lipinski definition) is 5. The van der Waals surface area contributed by atoms with Crippen LogP contribution in [0.4, 0.5) is 0 Å². The first-order valence-corrected chi connectivity index (χ1v) is 12.0. The van der Waals surface area contributed by atoms with Crippen LogP contribution in [-0.4, -0.2) is 70.0 Å². The standard InChI is InChI=1S/C20H28N4O3S2.HI/c1-21-20(22-12-15-23(2)29(25,26)19-9-6-16-28-19)24-13-10-18(11-14-24)27-17-7-4-3-5-8-17;/h3-9,16,18H,10-15H2,1-2H3,(H,21,22);1H. The van der Waals surface area contributed by atoms with E-state index in [4.69, 9.17) is 4.74 Å². The molecule has 0 unspecified atom stereocenters. The lowest BCUT2D eigenvalue weighted by Gasteiger charge is -2.34. The molecule has 10 heteroatoms. The molecule has 3 rings (SSSR count). The van der Waals surface area contributed by atoms with E-state index in [1.54, 1.807) is 31.6 Å². The van der Waals surface area contributed by atoms with Gasteiger partial charge in [0.15, 0.2) is 5.96 Å². The van der Waals surface area contributed by atoms with Crippen LogP contribution in [0, 0.1) is 0 Å². The van der Waals surface area contributed by atoms with Crippen molar-refractivity contribution >= 4 is 51.3 Å². The topological polar surface area (TPSA) is 74.2 Å². The molecular formula is C20H29IN4O3S2. The molecule has 1 aromatic heterocycles. The number of para-hydroxylation sites is 1. The molecule has 1 N–H and O–H groups in total. The van der Waals surface area contributed by atoms with Crippen molar-refractivity contribution in [2.45, 2.75) is 23.2 Å². The maximum absolute atomic E-state index is 12.5. The molecule has 0 bridgehead atoms. The van der Waals surface area contributed by atoms with Crippen LogP contribution in [0.15, 0.2) is 57.0 Å². The predicted molar refractivity (Wildman–Crippen MR) is 133 cm³/mol. The highest BCUT2D eigenvalue weighted by Crippen LogP contribution is 2.20. The van der Waals surface area contributed by atoms with Gasteiger partial charge < -0.3 is 15.0 Å². The molecule has 2 aromatic rings. The van der Waals surface area contributed by atoms with Crippen molar-refractivity contribution in [1.29, 1.82) is 0 Å². The Balaban J connectivity index is 0.00000320. The summed E-state index contributed by atoms with van der Waals surface area (Å²) in [7, 11) is -0.0663. The molecule has 1 aliphatic heterocycles. The number of sulfonamides is 1. The number of piperidine rings is 1. The highest BCUT2D eigenvalue weighted by atomic mass is 127. The van der Waals surface area contributed by atoms with Gasteiger partial charge in [0.25, 0.3) is 10.0 Å². The Morgan fingerprint density at radius 3 is 2.53 bits per heavy atom. The summed E-state index contributed by atoms with van der Waals surface area (Å²) in [5.41, 5.74) is 0. The fraction of sp³-hybridized carbons (Fsp3) is 0.450. The number of nitrogens with zero attached hydrogens (tertiary/aromatic N) is 3. The summed E-state index contributed by atoms with van der Waals surface area (Å²) in [6.07, 6.45) is 2.04.